The van der Waals surface area contributed by atoms with Gasteiger partial charge in [-0.1, -0.05) is 15.9 Å². The van der Waals surface area contributed by atoms with Crippen LogP contribution in [0.5, 0.6) is 0 Å². The molecule has 1 unspecified atom stereocenters. The maximum atomic E-state index is 14.4. The molecule has 1 N–H and O–H groups in total. The molecule has 1 amide bonds. The van der Waals surface area contributed by atoms with Crippen molar-refractivity contribution in [2.45, 2.75) is 25.7 Å². The van der Waals surface area contributed by atoms with E-state index in [0.29, 0.717) is 28.3 Å². The SMILES string of the molecule is CN1CCN(C(=O)CC2CCc3c(sc4ncnc(Nc5ccc(Br)cc5F)c34)C2)CC1. The number of likely N-dealkylation sites (N-methyl/N-ethyl adjacent to an activating group) is 1. The summed E-state index contributed by atoms with van der Waals surface area (Å²) in [7, 11) is 2.10. The number of aryl methyl sites for hydroxylation is 1. The third kappa shape index (κ3) is 4.38. The average Bonchev–Trinajstić information content (AvgIpc) is 3.14. The Balaban J connectivity index is 1.34. The number of halogens is 2. The first-order chi connectivity index (χ1) is 15.5. The van der Waals surface area contributed by atoms with Gasteiger partial charge in [-0.05, 0) is 56.0 Å². The number of hydrogen-bond donors (Lipinski definition) is 1. The van der Waals surface area contributed by atoms with E-state index in [-0.39, 0.29) is 11.7 Å². The van der Waals surface area contributed by atoms with E-state index in [1.54, 1.807) is 23.5 Å². The predicted molar refractivity (Wildman–Crippen MR) is 129 cm³/mol. The van der Waals surface area contributed by atoms with Crippen molar-refractivity contribution in [3.05, 3.63) is 45.3 Å². The Kier molecular flexibility index (Phi) is 6.14. The molecule has 168 valence electrons. The van der Waals surface area contributed by atoms with E-state index in [4.69, 9.17) is 0 Å². The molecule has 9 heteroatoms. The van der Waals surface area contributed by atoms with E-state index >= 15 is 0 Å². The summed E-state index contributed by atoms with van der Waals surface area (Å²) < 4.78 is 15.1. The van der Waals surface area contributed by atoms with Crippen molar-refractivity contribution in [3.8, 4) is 0 Å². The lowest BCUT2D eigenvalue weighted by Crippen LogP contribution is -2.47. The van der Waals surface area contributed by atoms with Crippen LogP contribution < -0.4 is 5.32 Å². The molecule has 2 aliphatic rings. The zero-order chi connectivity index (χ0) is 22.2. The highest BCUT2D eigenvalue weighted by molar-refractivity contribution is 9.10. The number of hydrogen-bond acceptors (Lipinski definition) is 6. The highest BCUT2D eigenvalue weighted by Crippen LogP contribution is 2.41. The van der Waals surface area contributed by atoms with E-state index in [9.17, 15) is 9.18 Å². The summed E-state index contributed by atoms with van der Waals surface area (Å²) in [4.78, 5) is 28.2. The molecule has 2 aromatic heterocycles. The molecule has 1 aliphatic heterocycles. The number of amides is 1. The van der Waals surface area contributed by atoms with Gasteiger partial charge in [0.15, 0.2) is 0 Å². The number of nitrogens with one attached hydrogen (secondary N) is 1. The summed E-state index contributed by atoms with van der Waals surface area (Å²) in [5.74, 6) is 0.940. The number of nitrogens with zero attached hydrogens (tertiary/aromatic N) is 4. The van der Waals surface area contributed by atoms with Gasteiger partial charge < -0.3 is 15.1 Å². The lowest BCUT2D eigenvalue weighted by molar-refractivity contribution is -0.133. The second-order valence-corrected chi connectivity index (χ2v) is 10.7. The van der Waals surface area contributed by atoms with Crippen LogP contribution in [0.4, 0.5) is 15.9 Å². The number of piperazine rings is 1. The van der Waals surface area contributed by atoms with Crippen molar-refractivity contribution >= 4 is 54.9 Å². The normalized spacial score (nSPS) is 19.2. The van der Waals surface area contributed by atoms with E-state index in [1.165, 1.54) is 22.8 Å². The molecule has 1 aliphatic carbocycles. The minimum atomic E-state index is -0.335. The molecule has 1 saturated heterocycles. The van der Waals surface area contributed by atoms with Crippen LogP contribution in [0.3, 0.4) is 0 Å². The van der Waals surface area contributed by atoms with E-state index < -0.39 is 0 Å². The van der Waals surface area contributed by atoms with Crippen molar-refractivity contribution < 1.29 is 9.18 Å². The van der Waals surface area contributed by atoms with Gasteiger partial charge in [-0.3, -0.25) is 4.79 Å². The Hall–Kier alpha value is -2.10. The zero-order valence-electron chi connectivity index (χ0n) is 17.9. The van der Waals surface area contributed by atoms with E-state index in [0.717, 1.165) is 55.7 Å². The molecule has 5 rings (SSSR count). The summed E-state index contributed by atoms with van der Waals surface area (Å²) in [5, 5.41) is 4.15. The van der Waals surface area contributed by atoms with E-state index in [2.05, 4.69) is 43.2 Å². The topological polar surface area (TPSA) is 61.4 Å². The summed E-state index contributed by atoms with van der Waals surface area (Å²) in [6.07, 6.45) is 4.89. The van der Waals surface area contributed by atoms with E-state index in [1.807, 2.05) is 4.90 Å². The van der Waals surface area contributed by atoms with Gasteiger partial charge in [0, 0.05) is 41.9 Å². The van der Waals surface area contributed by atoms with Crippen molar-refractivity contribution in [1.82, 2.24) is 19.8 Å². The molecule has 0 saturated carbocycles. The number of thiophene rings is 1. The lowest BCUT2D eigenvalue weighted by atomic mass is 9.85. The molecule has 1 aromatic carbocycles. The van der Waals surface area contributed by atoms with Crippen LogP contribution in [0.25, 0.3) is 10.2 Å². The third-order valence-electron chi connectivity index (χ3n) is 6.45. The van der Waals surface area contributed by atoms with Gasteiger partial charge >= 0.3 is 0 Å². The standard InChI is InChI=1S/C23H25BrFN5OS/c1-29-6-8-30(9-7-29)20(31)11-14-2-4-16-19(10-14)32-23-21(16)22(26-13-27-23)28-18-5-3-15(24)12-17(18)25/h3,5,12-14H,2,4,6-11H2,1H3,(H,26,27,28). The average molecular weight is 518 g/mol. The van der Waals surface area contributed by atoms with Crippen molar-refractivity contribution in [2.75, 3.05) is 38.5 Å². The monoisotopic (exact) mass is 517 g/mol. The van der Waals surface area contributed by atoms with Crippen LogP contribution >= 0.6 is 27.3 Å². The lowest BCUT2D eigenvalue weighted by Gasteiger charge is -2.33. The fourth-order valence-corrected chi connectivity index (χ4v) is 6.23. The molecule has 1 fully saturated rings. The Morgan fingerprint density at radius 3 is 2.88 bits per heavy atom. The smallest absolute Gasteiger partial charge is 0.222 e. The second kappa shape index (κ2) is 9.03. The fraction of sp³-hybridized carbons (Fsp3) is 0.435. The molecule has 6 nitrogen and oxygen atoms in total. The van der Waals surface area contributed by atoms with Crippen molar-refractivity contribution in [3.63, 3.8) is 0 Å². The molecule has 1 atom stereocenters. The van der Waals surface area contributed by atoms with Crippen LogP contribution in [0.15, 0.2) is 29.0 Å². The molecule has 3 aromatic rings. The van der Waals surface area contributed by atoms with Crippen molar-refractivity contribution in [2.24, 2.45) is 5.92 Å². The fourth-order valence-electron chi connectivity index (χ4n) is 4.60. The first-order valence-corrected chi connectivity index (χ1v) is 12.5. The maximum absolute atomic E-state index is 14.4. The number of fused-ring (bicyclic) bond motifs is 3. The second-order valence-electron chi connectivity index (χ2n) is 8.65. The Bertz CT molecular complexity index is 1160. The van der Waals surface area contributed by atoms with Gasteiger partial charge in [0.05, 0.1) is 11.1 Å². The number of carbonyl (C=O) groups excluding carboxylic acids is 1. The van der Waals surface area contributed by atoms with Gasteiger partial charge in [0.25, 0.3) is 0 Å². The van der Waals surface area contributed by atoms with Crippen LogP contribution in [-0.2, 0) is 17.6 Å². The van der Waals surface area contributed by atoms with Gasteiger partial charge in [-0.25, -0.2) is 14.4 Å². The van der Waals surface area contributed by atoms with Crippen LogP contribution in [0, 0.1) is 11.7 Å². The minimum absolute atomic E-state index is 0.278. The zero-order valence-corrected chi connectivity index (χ0v) is 20.3. The van der Waals surface area contributed by atoms with Crippen LogP contribution in [0.2, 0.25) is 0 Å². The number of aromatic nitrogens is 2. The van der Waals surface area contributed by atoms with Crippen LogP contribution in [-0.4, -0.2) is 58.9 Å². The molecule has 32 heavy (non-hydrogen) atoms. The highest BCUT2D eigenvalue weighted by Gasteiger charge is 2.28. The van der Waals surface area contributed by atoms with Gasteiger partial charge in [-0.15, -0.1) is 11.3 Å². The molecule has 3 heterocycles. The third-order valence-corrected chi connectivity index (χ3v) is 8.11. The highest BCUT2D eigenvalue weighted by atomic mass is 79.9. The summed E-state index contributed by atoms with van der Waals surface area (Å²) in [5.41, 5.74) is 1.63. The molecule has 0 radical (unpaired) electrons. The largest absolute Gasteiger partial charge is 0.340 e. The molecule has 0 bridgehead atoms. The van der Waals surface area contributed by atoms with Crippen molar-refractivity contribution in [1.29, 1.82) is 0 Å². The predicted octanol–water partition coefficient (Wildman–Crippen LogP) is 4.61. The number of carbonyl (C=O) groups is 1. The summed E-state index contributed by atoms with van der Waals surface area (Å²) in [6, 6.07) is 4.94. The first kappa shape index (κ1) is 21.7. The van der Waals surface area contributed by atoms with Gasteiger partial charge in [-0.2, -0.15) is 0 Å². The van der Waals surface area contributed by atoms with Gasteiger partial charge in [0.2, 0.25) is 5.91 Å². The Morgan fingerprint density at radius 1 is 1.28 bits per heavy atom. The number of rotatable bonds is 4. The molecule has 0 spiro atoms. The molecular weight excluding hydrogens is 493 g/mol. The summed E-state index contributed by atoms with van der Waals surface area (Å²) in [6.45, 7) is 3.55. The van der Waals surface area contributed by atoms with Gasteiger partial charge in [0.1, 0.15) is 22.8 Å². The minimum Gasteiger partial charge on any atom is -0.340 e. The summed E-state index contributed by atoms with van der Waals surface area (Å²) >= 11 is 4.97. The molecular formula is C23H25BrFN5OS. The maximum Gasteiger partial charge on any atom is 0.222 e. The first-order valence-electron chi connectivity index (χ1n) is 10.9. The quantitative estimate of drug-likeness (QED) is 0.547. The van der Waals surface area contributed by atoms with Crippen LogP contribution in [0.1, 0.15) is 23.3 Å². The number of benzene rings is 1. The number of anilines is 2. The Morgan fingerprint density at radius 2 is 2.09 bits per heavy atom. The Labute approximate surface area is 199 Å².